The molecule has 0 spiro atoms. The van der Waals surface area contributed by atoms with E-state index in [9.17, 15) is 14.0 Å². The number of hydrogen-bond acceptors (Lipinski definition) is 4. The molecule has 5 nitrogen and oxygen atoms in total. The third-order valence-electron chi connectivity index (χ3n) is 5.71. The van der Waals surface area contributed by atoms with Crippen molar-refractivity contribution in [2.75, 3.05) is 6.54 Å². The van der Waals surface area contributed by atoms with Crippen molar-refractivity contribution in [1.82, 2.24) is 10.2 Å². The second kappa shape index (κ2) is 14.2. The fourth-order valence-electron chi connectivity index (χ4n) is 3.99. The molecule has 2 aliphatic rings. The molecule has 6 heteroatoms. The summed E-state index contributed by atoms with van der Waals surface area (Å²) in [5, 5.41) is 2.95. The SMILES string of the molecule is C=N/C=C(\C=C/C)CCCNC(=O)CCCCCC(=O)C1C=C=CN1C1=C(C)C[C@@H](F)C=C1. The summed E-state index contributed by atoms with van der Waals surface area (Å²) in [5.74, 6) is 0.169. The Bertz CT molecular complexity index is 891. The molecule has 0 saturated carbocycles. The highest BCUT2D eigenvalue weighted by molar-refractivity contribution is 5.86. The fourth-order valence-corrected chi connectivity index (χ4v) is 3.99. The Morgan fingerprint density at radius 2 is 2.06 bits per heavy atom. The molecule has 1 N–H and O–H groups in total. The average Bonchev–Trinajstić information content (AvgIpc) is 3.26. The second-order valence-electron chi connectivity index (χ2n) is 8.43. The van der Waals surface area contributed by atoms with Crippen molar-refractivity contribution in [2.24, 2.45) is 4.99 Å². The number of allylic oxidation sites excluding steroid dienone is 6. The lowest BCUT2D eigenvalue weighted by Crippen LogP contribution is -2.34. The summed E-state index contributed by atoms with van der Waals surface area (Å²) in [5.41, 5.74) is 5.93. The number of unbranched alkanes of at least 4 members (excludes halogenated alkanes) is 2. The van der Waals surface area contributed by atoms with Gasteiger partial charge in [-0.3, -0.25) is 14.6 Å². The van der Waals surface area contributed by atoms with Crippen molar-refractivity contribution >= 4 is 18.4 Å². The molecule has 2 rings (SSSR count). The standard InChI is InChI=1S/C27H36FN3O2/c1-4-10-22(20-29-3)11-8-17-30-27(33)14-7-5-6-13-26(32)25-12-9-18-31(25)24-16-15-23(28)19-21(24)2/h4,10,12,15-16,18,20,23,25H,3,5-8,11,13-14,17,19H2,1-2H3,(H,30,33)/b10-4-,22-20+/t23-,25?/m0/s1. The fraction of sp³-hybridized carbons (Fsp3) is 0.481. The lowest BCUT2D eigenvalue weighted by atomic mass is 9.99. The van der Waals surface area contributed by atoms with E-state index in [4.69, 9.17) is 0 Å². The number of hydrogen-bond donors (Lipinski definition) is 1. The number of aliphatic imine (C=N–C) groups is 1. The van der Waals surface area contributed by atoms with Crippen LogP contribution in [0.3, 0.4) is 0 Å². The topological polar surface area (TPSA) is 61.8 Å². The van der Waals surface area contributed by atoms with Crippen LogP contribution in [0.5, 0.6) is 0 Å². The van der Waals surface area contributed by atoms with Gasteiger partial charge >= 0.3 is 0 Å². The first-order chi connectivity index (χ1) is 16.0. The van der Waals surface area contributed by atoms with Gasteiger partial charge in [-0.25, -0.2) is 4.39 Å². The number of nitrogens with zero attached hydrogens (tertiary/aromatic N) is 2. The van der Waals surface area contributed by atoms with Gasteiger partial charge in [-0.05, 0) is 75.6 Å². The molecule has 1 heterocycles. The number of rotatable bonds is 14. The zero-order valence-corrected chi connectivity index (χ0v) is 19.9. The summed E-state index contributed by atoms with van der Waals surface area (Å²) in [6.07, 6.45) is 16.9. The Hall–Kier alpha value is -2.98. The number of ketones is 1. The Balaban J connectivity index is 1.62. The van der Waals surface area contributed by atoms with E-state index in [2.05, 4.69) is 22.8 Å². The zero-order chi connectivity index (χ0) is 24.1. The summed E-state index contributed by atoms with van der Waals surface area (Å²) in [4.78, 5) is 30.4. The average molecular weight is 454 g/mol. The van der Waals surface area contributed by atoms with E-state index >= 15 is 0 Å². The summed E-state index contributed by atoms with van der Waals surface area (Å²) >= 11 is 0. The van der Waals surface area contributed by atoms with Crippen molar-refractivity contribution in [3.63, 3.8) is 0 Å². The number of alkyl halides is 1. The maximum Gasteiger partial charge on any atom is 0.219 e. The number of carbonyl (C=O) groups excluding carboxylic acids is 2. The number of halogens is 1. The van der Waals surface area contributed by atoms with Crippen LogP contribution in [-0.2, 0) is 9.59 Å². The summed E-state index contributed by atoms with van der Waals surface area (Å²) in [6.45, 7) is 7.97. The van der Waals surface area contributed by atoms with E-state index in [0.717, 1.165) is 48.9 Å². The van der Waals surface area contributed by atoms with Crippen LogP contribution in [0.25, 0.3) is 0 Å². The van der Waals surface area contributed by atoms with Gasteiger partial charge in [0.15, 0.2) is 5.78 Å². The first-order valence-corrected chi connectivity index (χ1v) is 11.8. The second-order valence-corrected chi connectivity index (χ2v) is 8.43. The van der Waals surface area contributed by atoms with Crippen LogP contribution in [0.4, 0.5) is 4.39 Å². The molecular formula is C27H36FN3O2. The van der Waals surface area contributed by atoms with Gasteiger partial charge in [0.2, 0.25) is 5.91 Å². The van der Waals surface area contributed by atoms with E-state index < -0.39 is 6.17 Å². The Morgan fingerprint density at radius 1 is 1.27 bits per heavy atom. The summed E-state index contributed by atoms with van der Waals surface area (Å²) in [7, 11) is 0. The maximum atomic E-state index is 13.5. The van der Waals surface area contributed by atoms with Crippen LogP contribution in [-0.4, -0.2) is 42.1 Å². The van der Waals surface area contributed by atoms with Gasteiger partial charge in [0.05, 0.1) is 0 Å². The quantitative estimate of drug-likeness (QED) is 0.164. The molecule has 0 aromatic rings. The number of nitrogens with one attached hydrogen (secondary N) is 1. The molecular weight excluding hydrogens is 417 g/mol. The lowest BCUT2D eigenvalue weighted by molar-refractivity contribution is -0.121. The van der Waals surface area contributed by atoms with E-state index in [-0.39, 0.29) is 17.7 Å². The molecule has 2 atom stereocenters. The number of Topliss-reactive ketones (excluding diaryl/α,β-unsaturated/α-hetero) is 1. The van der Waals surface area contributed by atoms with Gasteiger partial charge in [-0.2, -0.15) is 0 Å². The summed E-state index contributed by atoms with van der Waals surface area (Å²) < 4.78 is 13.5. The number of amides is 1. The van der Waals surface area contributed by atoms with Crippen LogP contribution in [0.2, 0.25) is 0 Å². The van der Waals surface area contributed by atoms with Crippen LogP contribution < -0.4 is 5.32 Å². The van der Waals surface area contributed by atoms with E-state index in [1.807, 2.05) is 30.9 Å². The van der Waals surface area contributed by atoms with Crippen LogP contribution in [0, 0.1) is 0 Å². The van der Waals surface area contributed by atoms with Gasteiger partial charge in [0.1, 0.15) is 12.2 Å². The zero-order valence-electron chi connectivity index (χ0n) is 19.9. The largest absolute Gasteiger partial charge is 0.356 e. The van der Waals surface area contributed by atoms with Crippen molar-refractivity contribution < 1.29 is 14.0 Å². The van der Waals surface area contributed by atoms with Crippen molar-refractivity contribution in [3.05, 3.63) is 65.4 Å². The Labute approximate surface area is 197 Å². The minimum atomic E-state index is -0.957. The van der Waals surface area contributed by atoms with Crippen molar-refractivity contribution in [1.29, 1.82) is 0 Å². The van der Waals surface area contributed by atoms with Crippen LogP contribution in [0.1, 0.15) is 65.2 Å². The molecule has 1 amide bonds. The predicted octanol–water partition coefficient (Wildman–Crippen LogP) is 5.49. The van der Waals surface area contributed by atoms with Crippen molar-refractivity contribution in [2.45, 2.75) is 77.4 Å². The molecule has 1 aliphatic carbocycles. The number of carbonyl (C=O) groups is 2. The van der Waals surface area contributed by atoms with Crippen LogP contribution in [0.15, 0.2) is 70.3 Å². The monoisotopic (exact) mass is 453 g/mol. The minimum Gasteiger partial charge on any atom is -0.356 e. The molecule has 1 aliphatic heterocycles. The molecule has 0 saturated heterocycles. The van der Waals surface area contributed by atoms with Gasteiger partial charge < -0.3 is 10.2 Å². The van der Waals surface area contributed by atoms with Crippen LogP contribution >= 0.6 is 0 Å². The highest BCUT2D eigenvalue weighted by atomic mass is 19.1. The van der Waals surface area contributed by atoms with Gasteiger partial charge in [-0.15, -0.1) is 5.73 Å². The lowest BCUT2D eigenvalue weighted by Gasteiger charge is -2.28. The van der Waals surface area contributed by atoms with Gasteiger partial charge in [-0.1, -0.05) is 18.6 Å². The molecule has 0 fully saturated rings. The molecule has 178 valence electrons. The minimum absolute atomic E-state index is 0.0477. The Morgan fingerprint density at radius 3 is 2.79 bits per heavy atom. The first kappa shape index (κ1) is 26.3. The molecule has 1 unspecified atom stereocenters. The molecule has 0 radical (unpaired) electrons. The predicted molar refractivity (Wildman–Crippen MR) is 132 cm³/mol. The van der Waals surface area contributed by atoms with E-state index in [0.29, 0.717) is 25.8 Å². The summed E-state index contributed by atoms with van der Waals surface area (Å²) in [6, 6.07) is -0.378. The third kappa shape index (κ3) is 8.82. The smallest absolute Gasteiger partial charge is 0.219 e. The molecule has 0 aromatic heterocycles. The molecule has 0 aromatic carbocycles. The van der Waals surface area contributed by atoms with Gasteiger partial charge in [0, 0.05) is 43.9 Å². The normalized spacial score (nSPS) is 20.2. The Kier molecular flexibility index (Phi) is 11.3. The highest BCUT2D eigenvalue weighted by Gasteiger charge is 2.27. The van der Waals surface area contributed by atoms with E-state index in [1.165, 1.54) is 6.08 Å². The maximum absolute atomic E-state index is 13.5. The molecule has 33 heavy (non-hydrogen) atoms. The third-order valence-corrected chi connectivity index (χ3v) is 5.71. The van der Waals surface area contributed by atoms with Crippen molar-refractivity contribution in [3.8, 4) is 0 Å². The first-order valence-electron chi connectivity index (χ1n) is 11.8. The van der Waals surface area contributed by atoms with Gasteiger partial charge in [0.25, 0.3) is 0 Å². The highest BCUT2D eigenvalue weighted by Crippen LogP contribution is 2.28. The van der Waals surface area contributed by atoms with E-state index in [1.54, 1.807) is 24.6 Å². The molecule has 0 bridgehead atoms.